The second kappa shape index (κ2) is 15.5. The van der Waals surface area contributed by atoms with E-state index in [1.807, 2.05) is 32.9 Å². The number of nitrogens with one attached hydrogen (secondary N) is 1. The predicted octanol–water partition coefficient (Wildman–Crippen LogP) is 1.68. The molecule has 4 aromatic rings. The van der Waals surface area contributed by atoms with Crippen LogP contribution in [0.5, 0.6) is 0 Å². The average Bonchev–Trinajstić information content (AvgIpc) is 3.07. The van der Waals surface area contributed by atoms with E-state index in [0.717, 1.165) is 15.1 Å². The fourth-order valence-corrected chi connectivity index (χ4v) is 3.24. The van der Waals surface area contributed by atoms with Gasteiger partial charge in [0, 0.05) is 15.1 Å². The summed E-state index contributed by atoms with van der Waals surface area (Å²) in [6.07, 6.45) is 0. The third-order valence-corrected chi connectivity index (χ3v) is 4.50. The van der Waals surface area contributed by atoms with Crippen molar-refractivity contribution in [3.63, 3.8) is 0 Å². The van der Waals surface area contributed by atoms with Gasteiger partial charge in [0.1, 0.15) is 0 Å². The molecule has 2 nitrogen and oxygen atoms in total. The molecule has 0 bridgehead atoms. The summed E-state index contributed by atoms with van der Waals surface area (Å²) in [6, 6.07) is 26.6. The first-order valence-electron chi connectivity index (χ1n) is 9.76. The summed E-state index contributed by atoms with van der Waals surface area (Å²) in [6.45, 7) is 10.4. The Kier molecular flexibility index (Phi) is 15.9. The molecule has 0 unspecified atom stereocenters. The van der Waals surface area contributed by atoms with Crippen LogP contribution in [0.15, 0.2) is 78.9 Å². The van der Waals surface area contributed by atoms with E-state index >= 15 is 0 Å². The van der Waals surface area contributed by atoms with Crippen molar-refractivity contribution in [1.29, 1.82) is 0 Å². The smallest absolute Gasteiger partial charge is 1.00 e. The topological polar surface area (TPSA) is 40.9 Å². The van der Waals surface area contributed by atoms with Crippen molar-refractivity contribution in [2.24, 2.45) is 0 Å². The summed E-state index contributed by atoms with van der Waals surface area (Å²) in [5.74, 6) is -0.606. The Balaban J connectivity index is 0. The first kappa shape index (κ1) is 32.9. The van der Waals surface area contributed by atoms with Gasteiger partial charge in [0.05, 0.1) is 5.91 Å². The van der Waals surface area contributed by atoms with Crippen LogP contribution in [0, 0.1) is 0 Å². The zero-order valence-electron chi connectivity index (χ0n) is 19.2. The number of halogens is 2. The van der Waals surface area contributed by atoms with Crippen LogP contribution < -0.4 is 24.8 Å². The molecule has 0 fully saturated rings. The van der Waals surface area contributed by atoms with Crippen LogP contribution in [0.3, 0.4) is 0 Å². The van der Waals surface area contributed by atoms with Gasteiger partial charge in [0.2, 0.25) is 0 Å². The van der Waals surface area contributed by atoms with Crippen molar-refractivity contribution >= 4 is 37.0 Å². The van der Waals surface area contributed by atoms with Crippen molar-refractivity contribution in [3.8, 4) is 0 Å². The zero-order chi connectivity index (χ0) is 21.4. The normalized spacial score (nSPS) is 9.66. The number of benzene rings is 3. The van der Waals surface area contributed by atoms with Crippen LogP contribution >= 0.6 is 0 Å². The monoisotopic (exact) mass is 559 g/mol. The molecule has 4 rings (SSSR count). The third-order valence-electron chi connectivity index (χ3n) is 4.50. The Bertz CT molecular complexity index is 1040. The summed E-state index contributed by atoms with van der Waals surface area (Å²) in [5.41, 5.74) is 8.47. The van der Waals surface area contributed by atoms with E-state index in [2.05, 4.69) is 67.7 Å². The van der Waals surface area contributed by atoms with Crippen molar-refractivity contribution in [1.82, 2.24) is 0 Å². The summed E-state index contributed by atoms with van der Waals surface area (Å²) < 4.78 is 0. The molecule has 32 heavy (non-hydrogen) atoms. The fourth-order valence-electron chi connectivity index (χ4n) is 3.24. The molecule has 0 atom stereocenters. The average molecular weight is 562 g/mol. The van der Waals surface area contributed by atoms with E-state index in [9.17, 15) is 4.79 Å². The molecule has 2 radical (unpaired) electrons. The second-order valence-corrected chi connectivity index (χ2v) is 8.94. The Hall–Kier alpha value is -1.32. The molecular weight excluding hydrogens is 533 g/mol. The van der Waals surface area contributed by atoms with Crippen molar-refractivity contribution in [3.05, 3.63) is 95.7 Å². The minimum atomic E-state index is -0.606. The molecule has 1 amide bonds. The van der Waals surface area contributed by atoms with Gasteiger partial charge in [-0.05, 0) is 11.0 Å². The molecule has 4 aromatic carbocycles. The molecular formula is C26H29Cl2NOSiZr. The number of rotatable bonds is 1. The molecule has 0 saturated heterocycles. The molecule has 166 valence electrons. The maximum atomic E-state index is 11.0. The van der Waals surface area contributed by atoms with Crippen LogP contribution in [0.2, 0.25) is 13.1 Å². The molecule has 0 saturated carbocycles. The summed E-state index contributed by atoms with van der Waals surface area (Å²) >= 11 is 0. The first-order valence-corrected chi connectivity index (χ1v) is 11.8. The second-order valence-electron chi connectivity index (χ2n) is 7.94. The number of carbonyl (C=O) groups is 1. The Morgan fingerprint density at radius 1 is 0.781 bits per heavy atom. The van der Waals surface area contributed by atoms with E-state index in [0.29, 0.717) is 5.56 Å². The van der Waals surface area contributed by atoms with E-state index in [4.69, 9.17) is 5.73 Å². The number of hydrogen-bond acceptors (Lipinski definition) is 1. The predicted molar refractivity (Wildman–Crippen MR) is 128 cm³/mol. The van der Waals surface area contributed by atoms with Crippen LogP contribution in [0.1, 0.15) is 36.7 Å². The zero-order valence-corrected chi connectivity index (χ0v) is 24.1. The minimum Gasteiger partial charge on any atom is -1.00 e. The van der Waals surface area contributed by atoms with Crippen LogP contribution in [0.4, 0.5) is 0 Å². The standard InChI is InChI=1S/C13H9.C11H15NO.C2H6Si.2ClH.Zr/c1-3-7-12-10(5-1)9-11-6-2-4-8-13(11)12;1-11(2,3)9-7-5-4-6-8(9)10(12)13;1-3-2;;;/h1-9H;4-7H,1-3H3,(H2,12,13);1-2H3;2*1H;/q-1;;;;;+4/p-3. The molecule has 0 spiro atoms. The van der Waals surface area contributed by atoms with Crippen molar-refractivity contribution < 1.29 is 55.8 Å². The number of fused-ring (bicyclic) bond motifs is 3. The van der Waals surface area contributed by atoms with Gasteiger partial charge in [-0.3, -0.25) is 0 Å². The van der Waals surface area contributed by atoms with E-state index in [-0.39, 0.29) is 56.4 Å². The summed E-state index contributed by atoms with van der Waals surface area (Å²) in [7, 11) is 1.08. The number of hydrogen-bond donors (Lipinski definition) is 0. The molecule has 0 aliphatic heterocycles. The fraction of sp³-hybridized carbons (Fsp3) is 0.231. The van der Waals surface area contributed by atoms with Gasteiger partial charge in [-0.1, -0.05) is 94.5 Å². The molecule has 6 heteroatoms. The molecule has 0 aromatic heterocycles. The molecule has 0 aliphatic rings. The largest absolute Gasteiger partial charge is 4.00 e. The number of carbonyl (C=O) groups excluding carboxylic acids is 1. The van der Waals surface area contributed by atoms with Crippen molar-refractivity contribution in [2.75, 3.05) is 0 Å². The Labute approximate surface area is 226 Å². The minimum absolute atomic E-state index is 0. The SMILES string of the molecule is CC(C)(C)c1ccccc1C([NH-])=O.C[Si]C.[Cl-].[Cl-].[Zr+4].c1ccc2c(c1)[cH-]c1ccccc12. The van der Waals surface area contributed by atoms with Crippen molar-refractivity contribution in [2.45, 2.75) is 39.3 Å². The van der Waals surface area contributed by atoms with Gasteiger partial charge in [-0.15, -0.1) is 39.7 Å². The quantitative estimate of drug-likeness (QED) is 0.258. The van der Waals surface area contributed by atoms with E-state index in [1.54, 1.807) is 12.1 Å². The summed E-state index contributed by atoms with van der Waals surface area (Å²) in [5, 5.41) is 5.39. The van der Waals surface area contributed by atoms with Crippen LogP contribution in [0.25, 0.3) is 27.3 Å². The van der Waals surface area contributed by atoms with E-state index < -0.39 is 5.91 Å². The van der Waals surface area contributed by atoms with Gasteiger partial charge < -0.3 is 35.3 Å². The van der Waals surface area contributed by atoms with E-state index in [1.165, 1.54) is 21.5 Å². The molecule has 0 heterocycles. The van der Waals surface area contributed by atoms with Gasteiger partial charge in [-0.25, -0.2) is 0 Å². The first-order chi connectivity index (χ1) is 13.8. The Morgan fingerprint density at radius 2 is 1.16 bits per heavy atom. The Morgan fingerprint density at radius 3 is 1.53 bits per heavy atom. The van der Waals surface area contributed by atoms with Gasteiger partial charge in [0.15, 0.2) is 0 Å². The maximum absolute atomic E-state index is 11.0. The third kappa shape index (κ3) is 8.90. The van der Waals surface area contributed by atoms with Gasteiger partial charge in [0.25, 0.3) is 0 Å². The van der Waals surface area contributed by atoms with Gasteiger partial charge >= 0.3 is 26.2 Å². The van der Waals surface area contributed by atoms with Gasteiger partial charge in [-0.2, -0.15) is 0 Å². The maximum Gasteiger partial charge on any atom is 4.00 e. The number of amides is 1. The van der Waals surface area contributed by atoms with Crippen LogP contribution in [-0.4, -0.2) is 15.4 Å². The summed E-state index contributed by atoms with van der Waals surface area (Å²) in [4.78, 5) is 11.0. The molecule has 0 aliphatic carbocycles. The molecule has 1 N–H and O–H groups in total. The van der Waals surface area contributed by atoms with Crippen LogP contribution in [-0.2, 0) is 31.6 Å².